The lowest BCUT2D eigenvalue weighted by atomic mass is 9.96. The number of aliphatic imine (C=N–C) groups is 1. The van der Waals surface area contributed by atoms with Gasteiger partial charge in [0.05, 0.1) is 34.9 Å². The lowest BCUT2D eigenvalue weighted by Gasteiger charge is -2.42. The second kappa shape index (κ2) is 10.3. The van der Waals surface area contributed by atoms with Gasteiger partial charge in [-0.25, -0.2) is 4.99 Å². The second-order valence-corrected chi connectivity index (χ2v) is 11.3. The van der Waals surface area contributed by atoms with Gasteiger partial charge in [0.15, 0.2) is 5.17 Å². The zero-order chi connectivity index (χ0) is 27.0. The number of anilines is 3. The Kier molecular flexibility index (Phi) is 7.04. The summed E-state index contributed by atoms with van der Waals surface area (Å²) in [5.74, 6) is -0.483. The van der Waals surface area contributed by atoms with Crippen molar-refractivity contribution >= 4 is 80.7 Å². The molecule has 3 amide bonds. The van der Waals surface area contributed by atoms with Crippen molar-refractivity contribution < 1.29 is 19.1 Å². The van der Waals surface area contributed by atoms with E-state index in [4.69, 9.17) is 16.3 Å². The van der Waals surface area contributed by atoms with Crippen LogP contribution in [0.3, 0.4) is 0 Å². The SMILES string of the molecule is COc1ccc(N2C(=O)C(=Cc3cccs3)N=C2SCC(=O)N2c3ccccc3NC(=O)C2(C)C)cc1Cl. The minimum atomic E-state index is -1.10. The fraction of sp³-hybridized carbons (Fsp3) is 0.185. The number of hydrogen-bond donors (Lipinski definition) is 1. The van der Waals surface area contributed by atoms with Gasteiger partial charge in [0.2, 0.25) is 11.8 Å². The van der Waals surface area contributed by atoms with E-state index in [1.165, 1.54) is 28.2 Å². The molecule has 194 valence electrons. The number of carbonyl (C=O) groups excluding carboxylic acids is 3. The molecule has 1 aromatic heterocycles. The fourth-order valence-electron chi connectivity index (χ4n) is 4.21. The van der Waals surface area contributed by atoms with Crippen molar-refractivity contribution in [2.75, 3.05) is 28.0 Å². The van der Waals surface area contributed by atoms with Crippen LogP contribution in [0.5, 0.6) is 5.75 Å². The number of benzene rings is 2. The van der Waals surface area contributed by atoms with Gasteiger partial charge >= 0.3 is 0 Å². The summed E-state index contributed by atoms with van der Waals surface area (Å²) in [6.07, 6.45) is 1.72. The topological polar surface area (TPSA) is 91.3 Å². The van der Waals surface area contributed by atoms with Crippen molar-refractivity contribution in [3.8, 4) is 5.75 Å². The fourth-order valence-corrected chi connectivity index (χ4v) is 5.98. The molecule has 2 aromatic carbocycles. The van der Waals surface area contributed by atoms with Crippen molar-refractivity contribution in [3.63, 3.8) is 0 Å². The molecule has 2 aliphatic rings. The van der Waals surface area contributed by atoms with Crippen LogP contribution < -0.4 is 19.9 Å². The van der Waals surface area contributed by atoms with Crippen LogP contribution in [0.25, 0.3) is 6.08 Å². The Hall–Kier alpha value is -3.60. The number of fused-ring (bicyclic) bond motifs is 1. The molecule has 3 aromatic rings. The maximum absolute atomic E-state index is 13.6. The quantitative estimate of drug-likeness (QED) is 0.403. The number of amidine groups is 1. The Bertz CT molecular complexity index is 1500. The highest BCUT2D eigenvalue weighted by molar-refractivity contribution is 8.14. The summed E-state index contributed by atoms with van der Waals surface area (Å²) in [4.78, 5) is 48.3. The van der Waals surface area contributed by atoms with E-state index in [2.05, 4.69) is 10.3 Å². The number of para-hydroxylation sites is 2. The van der Waals surface area contributed by atoms with Crippen molar-refractivity contribution in [2.24, 2.45) is 4.99 Å². The number of halogens is 1. The molecule has 0 aliphatic carbocycles. The van der Waals surface area contributed by atoms with Crippen molar-refractivity contribution in [1.29, 1.82) is 0 Å². The van der Waals surface area contributed by atoms with Crippen LogP contribution in [0.1, 0.15) is 18.7 Å². The Labute approximate surface area is 232 Å². The molecule has 0 unspecified atom stereocenters. The number of amides is 3. The van der Waals surface area contributed by atoms with Crippen LogP contribution in [0.4, 0.5) is 17.1 Å². The van der Waals surface area contributed by atoms with Crippen LogP contribution in [-0.2, 0) is 14.4 Å². The van der Waals surface area contributed by atoms with Gasteiger partial charge in [-0.1, -0.05) is 41.6 Å². The number of nitrogens with zero attached hydrogens (tertiary/aromatic N) is 3. The Morgan fingerprint density at radius 3 is 2.68 bits per heavy atom. The largest absolute Gasteiger partial charge is 0.495 e. The van der Waals surface area contributed by atoms with Gasteiger partial charge in [-0.2, -0.15) is 0 Å². The van der Waals surface area contributed by atoms with E-state index >= 15 is 0 Å². The highest BCUT2D eigenvalue weighted by Crippen LogP contribution is 2.38. The third kappa shape index (κ3) is 4.70. The number of ether oxygens (including phenoxy) is 1. The van der Waals surface area contributed by atoms with Crippen LogP contribution in [-0.4, -0.2) is 41.3 Å². The van der Waals surface area contributed by atoms with Crippen LogP contribution in [0.2, 0.25) is 5.02 Å². The number of methoxy groups -OCH3 is 1. The zero-order valence-corrected chi connectivity index (χ0v) is 23.1. The molecule has 0 spiro atoms. The normalized spacial score (nSPS) is 17.4. The first-order valence-electron chi connectivity index (χ1n) is 11.6. The number of carbonyl (C=O) groups is 3. The van der Waals surface area contributed by atoms with Gasteiger partial charge in [-0.15, -0.1) is 11.3 Å². The number of hydrogen-bond acceptors (Lipinski definition) is 7. The van der Waals surface area contributed by atoms with Crippen LogP contribution in [0.15, 0.2) is 70.7 Å². The zero-order valence-electron chi connectivity index (χ0n) is 20.7. The summed E-state index contributed by atoms with van der Waals surface area (Å²) in [6, 6.07) is 16.0. The molecular weight excluding hydrogens is 544 g/mol. The third-order valence-corrected chi connectivity index (χ3v) is 8.17. The maximum Gasteiger partial charge on any atom is 0.283 e. The lowest BCUT2D eigenvalue weighted by Crippen LogP contribution is -2.59. The van der Waals surface area contributed by atoms with E-state index in [0.29, 0.717) is 33.0 Å². The highest BCUT2D eigenvalue weighted by Gasteiger charge is 2.44. The van der Waals surface area contributed by atoms with Gasteiger partial charge in [0.1, 0.15) is 17.0 Å². The van der Waals surface area contributed by atoms with Crippen molar-refractivity contribution in [2.45, 2.75) is 19.4 Å². The minimum Gasteiger partial charge on any atom is -0.495 e. The summed E-state index contributed by atoms with van der Waals surface area (Å²) < 4.78 is 5.25. The molecule has 5 rings (SSSR count). The van der Waals surface area contributed by atoms with E-state index in [-0.39, 0.29) is 29.2 Å². The molecule has 8 nitrogen and oxygen atoms in total. The average molecular weight is 567 g/mol. The van der Waals surface area contributed by atoms with E-state index in [9.17, 15) is 14.4 Å². The molecule has 0 fully saturated rings. The van der Waals surface area contributed by atoms with E-state index < -0.39 is 5.54 Å². The standard InChI is InChI=1S/C27H23ClN4O4S2/c1-27(2)25(35)29-19-8-4-5-9-21(19)32(27)23(33)15-38-26-30-20(14-17-7-6-12-37-17)24(34)31(26)16-10-11-22(36-3)18(28)13-16/h4-14H,15H2,1-3H3,(H,29,35). The summed E-state index contributed by atoms with van der Waals surface area (Å²) in [6.45, 7) is 3.40. The third-order valence-electron chi connectivity index (χ3n) is 6.13. The molecule has 2 aliphatic heterocycles. The lowest BCUT2D eigenvalue weighted by molar-refractivity contribution is -0.125. The molecule has 38 heavy (non-hydrogen) atoms. The molecule has 0 saturated carbocycles. The Balaban J connectivity index is 1.46. The van der Waals surface area contributed by atoms with Gasteiger partial charge in [-0.05, 0) is 61.7 Å². The average Bonchev–Trinajstić information content (AvgIpc) is 3.51. The number of nitrogens with one attached hydrogen (secondary N) is 1. The van der Waals surface area contributed by atoms with Gasteiger partial charge in [0.25, 0.3) is 5.91 Å². The first-order valence-corrected chi connectivity index (χ1v) is 13.8. The number of thiophene rings is 1. The molecule has 1 N–H and O–H groups in total. The molecule has 0 bridgehead atoms. The van der Waals surface area contributed by atoms with Gasteiger partial charge in [0, 0.05) is 4.88 Å². The summed E-state index contributed by atoms with van der Waals surface area (Å²) >= 11 is 8.97. The van der Waals surface area contributed by atoms with Crippen LogP contribution >= 0.6 is 34.7 Å². The van der Waals surface area contributed by atoms with Gasteiger partial charge < -0.3 is 10.1 Å². The predicted octanol–water partition coefficient (Wildman–Crippen LogP) is 5.65. The van der Waals surface area contributed by atoms with E-state index in [0.717, 1.165) is 16.6 Å². The molecular formula is C27H23ClN4O4S2. The number of rotatable bonds is 5. The highest BCUT2D eigenvalue weighted by atomic mass is 35.5. The summed E-state index contributed by atoms with van der Waals surface area (Å²) in [7, 11) is 1.51. The number of thioether (sulfide) groups is 1. The van der Waals surface area contributed by atoms with Crippen molar-refractivity contribution in [3.05, 3.63) is 75.6 Å². The molecule has 11 heteroatoms. The smallest absolute Gasteiger partial charge is 0.283 e. The second-order valence-electron chi connectivity index (χ2n) is 8.95. The summed E-state index contributed by atoms with van der Waals surface area (Å²) in [5, 5.41) is 5.45. The summed E-state index contributed by atoms with van der Waals surface area (Å²) in [5.41, 5.74) is 0.824. The first kappa shape index (κ1) is 26.0. The Morgan fingerprint density at radius 1 is 1.18 bits per heavy atom. The van der Waals surface area contributed by atoms with Crippen LogP contribution in [0, 0.1) is 0 Å². The van der Waals surface area contributed by atoms with E-state index in [1.807, 2.05) is 23.6 Å². The van der Waals surface area contributed by atoms with E-state index in [1.54, 1.807) is 56.3 Å². The molecule has 3 heterocycles. The Morgan fingerprint density at radius 2 is 1.97 bits per heavy atom. The molecule has 0 saturated heterocycles. The minimum absolute atomic E-state index is 0.0518. The molecule has 0 radical (unpaired) electrons. The molecule has 0 atom stereocenters. The predicted molar refractivity (Wildman–Crippen MR) is 154 cm³/mol. The van der Waals surface area contributed by atoms with Gasteiger partial charge in [-0.3, -0.25) is 24.2 Å². The maximum atomic E-state index is 13.6. The monoisotopic (exact) mass is 566 g/mol. The van der Waals surface area contributed by atoms with Crippen molar-refractivity contribution in [1.82, 2.24) is 0 Å². The first-order chi connectivity index (χ1) is 18.2.